The van der Waals surface area contributed by atoms with Crippen LogP contribution in [0.2, 0.25) is 0 Å². The maximum Gasteiger partial charge on any atom is 0.338 e. The van der Waals surface area contributed by atoms with Gasteiger partial charge < -0.3 is 20.0 Å². The molecular weight excluding hydrogens is 516 g/mol. The lowest BCUT2D eigenvalue weighted by molar-refractivity contribution is -0.113. The molecule has 0 heterocycles. The quantitative estimate of drug-likeness (QED) is 0.0624. The Balaban J connectivity index is 1.86. The SMILES string of the molecule is C=CCOC(=O)c1ccc(NC(=O)C(=NOC(O)CCCCCCC)c2ccc3c(c2)C(C)(C)CCC3(C)C)cc1. The third kappa shape index (κ3) is 8.77. The van der Waals surface area contributed by atoms with E-state index in [-0.39, 0.29) is 23.1 Å². The number of nitrogens with zero attached hydrogens (tertiary/aromatic N) is 1. The van der Waals surface area contributed by atoms with Crippen LogP contribution in [0.5, 0.6) is 0 Å². The monoisotopic (exact) mass is 562 g/mol. The van der Waals surface area contributed by atoms with Crippen molar-refractivity contribution in [2.75, 3.05) is 11.9 Å². The molecule has 0 aromatic heterocycles. The summed E-state index contributed by atoms with van der Waals surface area (Å²) in [5, 5.41) is 17.5. The summed E-state index contributed by atoms with van der Waals surface area (Å²) in [7, 11) is 0. The lowest BCUT2D eigenvalue weighted by Gasteiger charge is -2.42. The highest BCUT2D eigenvalue weighted by molar-refractivity contribution is 6.48. The molecule has 0 aliphatic heterocycles. The Morgan fingerprint density at radius 2 is 1.61 bits per heavy atom. The van der Waals surface area contributed by atoms with E-state index < -0.39 is 18.2 Å². The number of anilines is 1. The molecule has 7 nitrogen and oxygen atoms in total. The van der Waals surface area contributed by atoms with Crippen molar-refractivity contribution in [3.8, 4) is 0 Å². The number of aliphatic hydroxyl groups is 1. The van der Waals surface area contributed by atoms with Crippen LogP contribution in [0.3, 0.4) is 0 Å². The molecule has 0 saturated heterocycles. The summed E-state index contributed by atoms with van der Waals surface area (Å²) >= 11 is 0. The number of oxime groups is 1. The van der Waals surface area contributed by atoms with Gasteiger partial charge in [-0.2, -0.15) is 0 Å². The summed E-state index contributed by atoms with van der Waals surface area (Å²) in [4.78, 5) is 31.1. The summed E-state index contributed by atoms with van der Waals surface area (Å²) in [6.07, 6.45) is 8.22. The second kappa shape index (κ2) is 14.4. The third-order valence-electron chi connectivity index (χ3n) is 7.87. The first-order valence-corrected chi connectivity index (χ1v) is 14.7. The van der Waals surface area contributed by atoms with Crippen LogP contribution in [0.1, 0.15) is 113 Å². The first-order valence-electron chi connectivity index (χ1n) is 14.7. The van der Waals surface area contributed by atoms with E-state index in [1.165, 1.54) is 23.6 Å². The van der Waals surface area contributed by atoms with Gasteiger partial charge in [0.05, 0.1) is 5.56 Å². The van der Waals surface area contributed by atoms with Crippen molar-refractivity contribution in [1.29, 1.82) is 0 Å². The van der Waals surface area contributed by atoms with Gasteiger partial charge in [-0.3, -0.25) is 4.79 Å². The summed E-state index contributed by atoms with van der Waals surface area (Å²) in [6.45, 7) is 14.8. The molecule has 2 N–H and O–H groups in total. The number of rotatable bonds is 14. The molecule has 1 amide bonds. The number of ether oxygens (including phenoxy) is 1. The highest BCUT2D eigenvalue weighted by Crippen LogP contribution is 2.46. The number of carbonyl (C=O) groups is 2. The smallest absolute Gasteiger partial charge is 0.338 e. The zero-order chi connectivity index (χ0) is 30.0. The molecule has 2 aromatic carbocycles. The van der Waals surface area contributed by atoms with Crippen molar-refractivity contribution in [3.05, 3.63) is 77.4 Å². The molecule has 0 bridgehead atoms. The molecule has 7 heteroatoms. The van der Waals surface area contributed by atoms with Crippen LogP contribution in [0, 0.1) is 0 Å². The van der Waals surface area contributed by atoms with Gasteiger partial charge in [-0.1, -0.05) is 90.2 Å². The number of aliphatic hydroxyl groups excluding tert-OH is 1. The number of amides is 1. The van der Waals surface area contributed by atoms with Gasteiger partial charge in [0.1, 0.15) is 6.61 Å². The van der Waals surface area contributed by atoms with E-state index in [0.717, 1.165) is 38.5 Å². The molecule has 3 rings (SSSR count). The minimum atomic E-state index is -1.10. The Morgan fingerprint density at radius 1 is 0.976 bits per heavy atom. The molecule has 1 aliphatic carbocycles. The Kier molecular flexibility index (Phi) is 11.3. The van der Waals surface area contributed by atoms with Crippen molar-refractivity contribution < 1.29 is 24.3 Å². The summed E-state index contributed by atoms with van der Waals surface area (Å²) in [6, 6.07) is 12.4. The van der Waals surface area contributed by atoms with Gasteiger partial charge in [-0.15, -0.1) is 0 Å². The minimum absolute atomic E-state index is 0.0297. The van der Waals surface area contributed by atoms with Crippen LogP contribution in [-0.2, 0) is 25.2 Å². The molecular formula is C34H46N2O5. The topological polar surface area (TPSA) is 97.2 Å². The van der Waals surface area contributed by atoms with Gasteiger partial charge in [0, 0.05) is 17.7 Å². The number of fused-ring (bicyclic) bond motifs is 1. The van der Waals surface area contributed by atoms with Gasteiger partial charge in [0.15, 0.2) is 5.71 Å². The molecule has 41 heavy (non-hydrogen) atoms. The van der Waals surface area contributed by atoms with E-state index in [4.69, 9.17) is 9.57 Å². The predicted molar refractivity (Wildman–Crippen MR) is 164 cm³/mol. The van der Waals surface area contributed by atoms with Crippen LogP contribution in [0.15, 0.2) is 60.3 Å². The molecule has 2 aromatic rings. The Morgan fingerprint density at radius 3 is 2.27 bits per heavy atom. The minimum Gasteiger partial charge on any atom is -0.458 e. The van der Waals surface area contributed by atoms with Crippen LogP contribution in [-0.4, -0.2) is 35.6 Å². The van der Waals surface area contributed by atoms with E-state index >= 15 is 0 Å². The van der Waals surface area contributed by atoms with E-state index in [9.17, 15) is 14.7 Å². The average Bonchev–Trinajstić information content (AvgIpc) is 2.94. The van der Waals surface area contributed by atoms with Crippen molar-refractivity contribution in [2.24, 2.45) is 5.16 Å². The standard InChI is InChI=1S/C34H46N2O5/c1-7-9-10-11-12-13-29(37)41-36-30(25-16-19-27-28(23-25)34(5,6)21-20-33(27,3)4)31(38)35-26-17-14-24(15-18-26)32(39)40-22-8-2/h8,14-19,23,29,37H,2,7,9-13,20-22H2,1,3-6H3,(H,35,38). The Labute approximate surface area is 245 Å². The van der Waals surface area contributed by atoms with Crippen molar-refractivity contribution in [3.63, 3.8) is 0 Å². The molecule has 0 radical (unpaired) electrons. The Hall–Kier alpha value is -3.45. The fraction of sp³-hybridized carbons (Fsp3) is 0.500. The second-order valence-corrected chi connectivity index (χ2v) is 12.1. The number of hydrogen-bond donors (Lipinski definition) is 2. The lowest BCUT2D eigenvalue weighted by Crippen LogP contribution is -2.34. The number of nitrogens with one attached hydrogen (secondary N) is 1. The zero-order valence-electron chi connectivity index (χ0n) is 25.3. The first-order chi connectivity index (χ1) is 19.5. The predicted octanol–water partition coefficient (Wildman–Crippen LogP) is 7.42. The molecule has 0 saturated carbocycles. The number of carbonyl (C=O) groups excluding carboxylic acids is 2. The number of hydrogen-bond acceptors (Lipinski definition) is 6. The number of benzene rings is 2. The van der Waals surface area contributed by atoms with Crippen molar-refractivity contribution in [2.45, 2.75) is 103 Å². The highest BCUT2D eigenvalue weighted by Gasteiger charge is 2.37. The van der Waals surface area contributed by atoms with Crippen LogP contribution in [0.4, 0.5) is 5.69 Å². The summed E-state index contributed by atoms with van der Waals surface area (Å²) in [5.41, 5.74) is 3.97. The van der Waals surface area contributed by atoms with Crippen LogP contribution >= 0.6 is 0 Å². The van der Waals surface area contributed by atoms with Crippen molar-refractivity contribution >= 4 is 23.3 Å². The molecule has 1 atom stereocenters. The molecule has 222 valence electrons. The number of unbranched alkanes of at least 4 members (excludes halogenated alkanes) is 4. The van der Waals surface area contributed by atoms with E-state index in [1.807, 2.05) is 12.1 Å². The van der Waals surface area contributed by atoms with Gasteiger partial charge in [0.25, 0.3) is 5.91 Å². The largest absolute Gasteiger partial charge is 0.458 e. The van der Waals surface area contributed by atoms with Gasteiger partial charge in [-0.25, -0.2) is 4.79 Å². The fourth-order valence-electron chi connectivity index (χ4n) is 5.15. The summed E-state index contributed by atoms with van der Waals surface area (Å²) < 4.78 is 5.07. The molecule has 0 spiro atoms. The van der Waals surface area contributed by atoms with E-state index in [2.05, 4.69) is 57.7 Å². The second-order valence-electron chi connectivity index (χ2n) is 12.1. The van der Waals surface area contributed by atoms with Crippen LogP contribution < -0.4 is 5.32 Å². The molecule has 1 unspecified atom stereocenters. The van der Waals surface area contributed by atoms with Crippen LogP contribution in [0.25, 0.3) is 0 Å². The highest BCUT2D eigenvalue weighted by atomic mass is 16.7. The van der Waals surface area contributed by atoms with E-state index in [0.29, 0.717) is 23.2 Å². The Bertz CT molecular complexity index is 1230. The van der Waals surface area contributed by atoms with E-state index in [1.54, 1.807) is 24.3 Å². The first kappa shape index (κ1) is 32.1. The average molecular weight is 563 g/mol. The normalized spacial score (nSPS) is 16.3. The zero-order valence-corrected chi connectivity index (χ0v) is 25.3. The fourth-order valence-corrected chi connectivity index (χ4v) is 5.15. The van der Waals surface area contributed by atoms with Gasteiger partial charge in [0.2, 0.25) is 6.29 Å². The molecule has 0 fully saturated rings. The molecule has 1 aliphatic rings. The maximum absolute atomic E-state index is 13.6. The number of esters is 1. The lowest BCUT2D eigenvalue weighted by atomic mass is 9.63. The maximum atomic E-state index is 13.6. The van der Waals surface area contributed by atoms with Gasteiger partial charge >= 0.3 is 5.97 Å². The third-order valence-corrected chi connectivity index (χ3v) is 7.87. The van der Waals surface area contributed by atoms with Crippen molar-refractivity contribution in [1.82, 2.24) is 0 Å². The summed E-state index contributed by atoms with van der Waals surface area (Å²) in [5.74, 6) is -0.948. The van der Waals surface area contributed by atoms with Gasteiger partial charge in [-0.05, 0) is 71.6 Å².